The predicted molar refractivity (Wildman–Crippen MR) is 67.0 cm³/mol. The second kappa shape index (κ2) is 6.21. The molecule has 0 bridgehead atoms. The predicted octanol–water partition coefficient (Wildman–Crippen LogP) is 1.99. The third-order valence-electron chi connectivity index (χ3n) is 3.45. The SMILES string of the molecule is O=C(CCN1CCC(O)CC1)c1ccc(F)c(F)c1. The van der Waals surface area contributed by atoms with Crippen LogP contribution in [0.15, 0.2) is 18.2 Å². The molecule has 1 aliphatic rings. The van der Waals surface area contributed by atoms with Gasteiger partial charge in [-0.25, -0.2) is 8.78 Å². The normalized spacial score (nSPS) is 17.6. The Morgan fingerprint density at radius 3 is 2.58 bits per heavy atom. The van der Waals surface area contributed by atoms with Gasteiger partial charge in [-0.2, -0.15) is 0 Å². The van der Waals surface area contributed by atoms with Crippen LogP contribution in [0.1, 0.15) is 29.6 Å². The fourth-order valence-corrected chi connectivity index (χ4v) is 2.22. The highest BCUT2D eigenvalue weighted by Crippen LogP contribution is 2.13. The van der Waals surface area contributed by atoms with Crippen molar-refractivity contribution in [3.05, 3.63) is 35.4 Å². The molecule has 0 aromatic heterocycles. The minimum atomic E-state index is -0.994. The number of carbonyl (C=O) groups is 1. The first kappa shape index (κ1) is 14.1. The molecule has 5 heteroatoms. The summed E-state index contributed by atoms with van der Waals surface area (Å²) in [6, 6.07) is 3.22. The number of nitrogens with zero attached hydrogens (tertiary/aromatic N) is 1. The first-order valence-electron chi connectivity index (χ1n) is 6.45. The van der Waals surface area contributed by atoms with E-state index in [-0.39, 0.29) is 23.9 Å². The zero-order chi connectivity index (χ0) is 13.8. The quantitative estimate of drug-likeness (QED) is 0.850. The molecular formula is C14H17F2NO2. The minimum Gasteiger partial charge on any atom is -0.393 e. The molecule has 1 N–H and O–H groups in total. The standard InChI is InChI=1S/C14H17F2NO2/c15-12-2-1-10(9-13(12)16)14(19)5-8-17-6-3-11(18)4-7-17/h1-2,9,11,18H,3-8H2. The largest absolute Gasteiger partial charge is 0.393 e. The van der Waals surface area contributed by atoms with Gasteiger partial charge in [0.25, 0.3) is 0 Å². The van der Waals surface area contributed by atoms with Crippen molar-refractivity contribution in [3.8, 4) is 0 Å². The Hall–Kier alpha value is -1.33. The van der Waals surface area contributed by atoms with Crippen LogP contribution < -0.4 is 0 Å². The van der Waals surface area contributed by atoms with Crippen molar-refractivity contribution in [3.63, 3.8) is 0 Å². The molecule has 1 saturated heterocycles. The minimum absolute atomic E-state index is 0.190. The third kappa shape index (κ3) is 3.81. The Morgan fingerprint density at radius 1 is 1.26 bits per heavy atom. The summed E-state index contributed by atoms with van der Waals surface area (Å²) in [7, 11) is 0. The number of hydrogen-bond acceptors (Lipinski definition) is 3. The number of halogens is 2. The molecule has 1 heterocycles. The van der Waals surface area contributed by atoms with Crippen LogP contribution in [0.25, 0.3) is 0 Å². The highest BCUT2D eigenvalue weighted by atomic mass is 19.2. The summed E-state index contributed by atoms with van der Waals surface area (Å²) >= 11 is 0. The molecular weight excluding hydrogens is 252 g/mol. The number of aliphatic hydroxyl groups excluding tert-OH is 1. The first-order valence-corrected chi connectivity index (χ1v) is 6.45. The van der Waals surface area contributed by atoms with Crippen LogP contribution in [0.3, 0.4) is 0 Å². The van der Waals surface area contributed by atoms with E-state index in [1.165, 1.54) is 6.07 Å². The van der Waals surface area contributed by atoms with Crippen LogP contribution in [-0.2, 0) is 0 Å². The van der Waals surface area contributed by atoms with Gasteiger partial charge in [-0.15, -0.1) is 0 Å². The Morgan fingerprint density at radius 2 is 1.95 bits per heavy atom. The highest BCUT2D eigenvalue weighted by molar-refractivity contribution is 5.96. The molecule has 0 spiro atoms. The molecule has 1 aromatic rings. The van der Waals surface area contributed by atoms with Crippen molar-refractivity contribution >= 4 is 5.78 Å². The fourth-order valence-electron chi connectivity index (χ4n) is 2.22. The molecule has 3 nitrogen and oxygen atoms in total. The van der Waals surface area contributed by atoms with E-state index in [9.17, 15) is 18.7 Å². The number of rotatable bonds is 4. The molecule has 0 aliphatic carbocycles. The summed E-state index contributed by atoms with van der Waals surface area (Å²) in [5, 5.41) is 9.37. The maximum absolute atomic E-state index is 13.0. The van der Waals surface area contributed by atoms with E-state index < -0.39 is 11.6 Å². The van der Waals surface area contributed by atoms with Gasteiger partial charge in [0.1, 0.15) is 0 Å². The fraction of sp³-hybridized carbons (Fsp3) is 0.500. The molecule has 0 saturated carbocycles. The summed E-state index contributed by atoms with van der Waals surface area (Å²) in [6.45, 7) is 2.13. The number of benzene rings is 1. The van der Waals surface area contributed by atoms with E-state index in [0.717, 1.165) is 38.1 Å². The highest BCUT2D eigenvalue weighted by Gasteiger charge is 2.18. The Labute approximate surface area is 110 Å². The number of ketones is 1. The molecule has 0 amide bonds. The summed E-state index contributed by atoms with van der Waals surface area (Å²) < 4.78 is 25.8. The molecule has 1 aromatic carbocycles. The van der Waals surface area contributed by atoms with E-state index in [0.29, 0.717) is 6.54 Å². The molecule has 0 radical (unpaired) electrons. The van der Waals surface area contributed by atoms with E-state index in [1.54, 1.807) is 0 Å². The number of hydrogen-bond donors (Lipinski definition) is 1. The zero-order valence-corrected chi connectivity index (χ0v) is 10.6. The lowest BCUT2D eigenvalue weighted by Gasteiger charge is -2.29. The van der Waals surface area contributed by atoms with Crippen molar-refractivity contribution in [1.29, 1.82) is 0 Å². The number of Topliss-reactive ketones (excluding diaryl/α,β-unsaturated/α-hetero) is 1. The van der Waals surface area contributed by atoms with Gasteiger partial charge in [-0.05, 0) is 31.0 Å². The lowest BCUT2D eigenvalue weighted by Crippen LogP contribution is -2.37. The van der Waals surface area contributed by atoms with E-state index in [2.05, 4.69) is 4.90 Å². The van der Waals surface area contributed by atoms with Crippen molar-refractivity contribution in [2.75, 3.05) is 19.6 Å². The van der Waals surface area contributed by atoms with Gasteiger partial charge in [0.2, 0.25) is 0 Å². The molecule has 0 unspecified atom stereocenters. The lowest BCUT2D eigenvalue weighted by atomic mass is 10.1. The molecule has 2 rings (SSSR count). The van der Waals surface area contributed by atoms with Crippen LogP contribution in [0.2, 0.25) is 0 Å². The molecule has 0 atom stereocenters. The molecule has 104 valence electrons. The summed E-state index contributed by atoms with van der Waals surface area (Å²) in [4.78, 5) is 14.0. The average molecular weight is 269 g/mol. The lowest BCUT2D eigenvalue weighted by molar-refractivity contribution is 0.0778. The van der Waals surface area contributed by atoms with E-state index in [1.807, 2.05) is 0 Å². The summed E-state index contributed by atoms with van der Waals surface area (Å²) in [5.74, 6) is -2.13. The maximum atomic E-state index is 13.0. The molecule has 1 aliphatic heterocycles. The summed E-state index contributed by atoms with van der Waals surface area (Å²) in [5.41, 5.74) is 0.205. The topological polar surface area (TPSA) is 40.5 Å². The van der Waals surface area contributed by atoms with Crippen LogP contribution in [-0.4, -0.2) is 41.5 Å². The molecule has 19 heavy (non-hydrogen) atoms. The average Bonchev–Trinajstić information content (AvgIpc) is 2.41. The second-order valence-electron chi connectivity index (χ2n) is 4.87. The van der Waals surface area contributed by atoms with Crippen LogP contribution in [0.4, 0.5) is 8.78 Å². The van der Waals surface area contributed by atoms with Crippen molar-refractivity contribution in [2.24, 2.45) is 0 Å². The van der Waals surface area contributed by atoms with Crippen molar-refractivity contribution in [1.82, 2.24) is 4.90 Å². The monoisotopic (exact) mass is 269 g/mol. The third-order valence-corrected chi connectivity index (χ3v) is 3.45. The zero-order valence-electron chi connectivity index (χ0n) is 10.6. The van der Waals surface area contributed by atoms with Gasteiger partial charge in [0.05, 0.1) is 6.10 Å². The maximum Gasteiger partial charge on any atom is 0.164 e. The van der Waals surface area contributed by atoms with Gasteiger partial charge < -0.3 is 10.0 Å². The van der Waals surface area contributed by atoms with Gasteiger partial charge >= 0.3 is 0 Å². The number of piperidine rings is 1. The smallest absolute Gasteiger partial charge is 0.164 e. The Bertz CT molecular complexity index is 457. The van der Waals surface area contributed by atoms with Crippen LogP contribution in [0, 0.1) is 11.6 Å². The summed E-state index contributed by atoms with van der Waals surface area (Å²) in [6.07, 6.45) is 1.48. The van der Waals surface area contributed by atoms with Crippen LogP contribution in [0.5, 0.6) is 0 Å². The van der Waals surface area contributed by atoms with E-state index in [4.69, 9.17) is 0 Å². The van der Waals surface area contributed by atoms with Gasteiger partial charge in [-0.3, -0.25) is 4.79 Å². The van der Waals surface area contributed by atoms with E-state index >= 15 is 0 Å². The van der Waals surface area contributed by atoms with Gasteiger partial charge in [0, 0.05) is 31.6 Å². The molecule has 1 fully saturated rings. The van der Waals surface area contributed by atoms with Gasteiger partial charge in [-0.1, -0.05) is 0 Å². The van der Waals surface area contributed by atoms with Crippen molar-refractivity contribution < 1.29 is 18.7 Å². The second-order valence-corrected chi connectivity index (χ2v) is 4.87. The number of likely N-dealkylation sites (tertiary alicyclic amines) is 1. The van der Waals surface area contributed by atoms with Crippen LogP contribution >= 0.6 is 0 Å². The van der Waals surface area contributed by atoms with Crippen molar-refractivity contribution in [2.45, 2.75) is 25.4 Å². The number of carbonyl (C=O) groups excluding carboxylic acids is 1. The first-order chi connectivity index (χ1) is 9.06. The Balaban J connectivity index is 1.85. The Kier molecular flexibility index (Phi) is 4.61. The number of aliphatic hydroxyl groups is 1. The van der Waals surface area contributed by atoms with Gasteiger partial charge in [0.15, 0.2) is 17.4 Å².